The van der Waals surface area contributed by atoms with E-state index in [9.17, 15) is 0 Å². The average molecular weight is 173 g/mol. The molecule has 1 heteroatoms. The van der Waals surface area contributed by atoms with Gasteiger partial charge in [0.15, 0.2) is 0 Å². The third kappa shape index (κ3) is 2.32. The first kappa shape index (κ1) is 9.80. The van der Waals surface area contributed by atoms with Crippen molar-refractivity contribution in [2.24, 2.45) is 0 Å². The highest BCUT2D eigenvalue weighted by Gasteiger charge is 2.03. The Kier molecular flexibility index (Phi) is 3.52. The molecule has 0 N–H and O–H groups in total. The molecule has 0 atom stereocenters. The van der Waals surface area contributed by atoms with Gasteiger partial charge in [0.2, 0.25) is 0 Å². The first-order chi connectivity index (χ1) is 6.29. The van der Waals surface area contributed by atoms with E-state index in [2.05, 4.69) is 26.0 Å². The van der Waals surface area contributed by atoms with Gasteiger partial charge in [-0.15, -0.1) is 0 Å². The molecule has 13 heavy (non-hydrogen) atoms. The summed E-state index contributed by atoms with van der Waals surface area (Å²) in [5.74, 6) is 0. The zero-order valence-electron chi connectivity index (χ0n) is 8.30. The number of unbranched alkanes of at least 4 members (excludes halogenated alkanes) is 1. The van der Waals surface area contributed by atoms with E-state index >= 15 is 0 Å². The molecule has 68 valence electrons. The lowest BCUT2D eigenvalue weighted by atomic mass is 9.98. The average Bonchev–Trinajstić information content (AvgIpc) is 2.15. The molecule has 0 aliphatic rings. The molecular formula is C12H15N. The van der Waals surface area contributed by atoms with Gasteiger partial charge in [0.05, 0.1) is 11.6 Å². The third-order valence-electron chi connectivity index (χ3n) is 2.31. The lowest BCUT2D eigenvalue weighted by Gasteiger charge is -2.06. The third-order valence-corrected chi connectivity index (χ3v) is 2.31. The highest BCUT2D eigenvalue weighted by atomic mass is 14.2. The summed E-state index contributed by atoms with van der Waals surface area (Å²) in [6, 6.07) is 8.17. The quantitative estimate of drug-likeness (QED) is 0.688. The normalized spacial score (nSPS) is 9.62. The minimum Gasteiger partial charge on any atom is -0.192 e. The Morgan fingerprint density at radius 2 is 2.15 bits per heavy atom. The van der Waals surface area contributed by atoms with Crippen molar-refractivity contribution in [3.05, 3.63) is 34.9 Å². The van der Waals surface area contributed by atoms with Crippen LogP contribution in [0.15, 0.2) is 18.2 Å². The van der Waals surface area contributed by atoms with Crippen LogP contribution in [0.1, 0.15) is 36.5 Å². The molecule has 0 saturated heterocycles. The van der Waals surface area contributed by atoms with E-state index in [4.69, 9.17) is 5.26 Å². The second-order valence-electron chi connectivity index (χ2n) is 3.32. The minimum atomic E-state index is 0.841. The van der Waals surface area contributed by atoms with Crippen molar-refractivity contribution < 1.29 is 0 Å². The molecular weight excluding hydrogens is 158 g/mol. The van der Waals surface area contributed by atoms with Crippen LogP contribution in [-0.4, -0.2) is 0 Å². The fourth-order valence-electron chi connectivity index (χ4n) is 1.49. The van der Waals surface area contributed by atoms with Crippen molar-refractivity contribution in [3.8, 4) is 6.07 Å². The molecule has 0 aromatic heterocycles. The van der Waals surface area contributed by atoms with Gasteiger partial charge in [-0.05, 0) is 37.0 Å². The minimum absolute atomic E-state index is 0.841. The predicted molar refractivity (Wildman–Crippen MR) is 54.5 cm³/mol. The van der Waals surface area contributed by atoms with Crippen molar-refractivity contribution in [2.75, 3.05) is 0 Å². The zero-order valence-corrected chi connectivity index (χ0v) is 8.30. The number of hydrogen-bond acceptors (Lipinski definition) is 1. The van der Waals surface area contributed by atoms with Crippen LogP contribution in [0.25, 0.3) is 0 Å². The topological polar surface area (TPSA) is 23.8 Å². The van der Waals surface area contributed by atoms with Gasteiger partial charge in [-0.25, -0.2) is 0 Å². The first-order valence-electron chi connectivity index (χ1n) is 4.78. The fourth-order valence-corrected chi connectivity index (χ4v) is 1.49. The number of nitriles is 1. The van der Waals surface area contributed by atoms with E-state index in [1.807, 2.05) is 12.1 Å². The van der Waals surface area contributed by atoms with E-state index in [1.54, 1.807) is 0 Å². The number of benzene rings is 1. The van der Waals surface area contributed by atoms with Crippen LogP contribution in [0.2, 0.25) is 0 Å². The van der Waals surface area contributed by atoms with Crippen molar-refractivity contribution >= 4 is 0 Å². The second kappa shape index (κ2) is 4.67. The Balaban J connectivity index is 2.95. The Morgan fingerprint density at radius 1 is 1.38 bits per heavy atom. The molecule has 0 heterocycles. The fraction of sp³-hybridized carbons (Fsp3) is 0.417. The zero-order chi connectivity index (χ0) is 9.68. The maximum atomic E-state index is 8.89. The number of rotatable bonds is 3. The maximum absolute atomic E-state index is 8.89. The molecule has 0 aliphatic heterocycles. The SMILES string of the molecule is CCCCc1c(C)cccc1C#N. The first-order valence-corrected chi connectivity index (χ1v) is 4.78. The Bertz CT molecular complexity index is 320. The van der Waals surface area contributed by atoms with E-state index < -0.39 is 0 Å². The maximum Gasteiger partial charge on any atom is 0.0994 e. The van der Waals surface area contributed by atoms with E-state index in [0.29, 0.717) is 0 Å². The molecule has 0 amide bonds. The van der Waals surface area contributed by atoms with Crippen LogP contribution in [0.5, 0.6) is 0 Å². The van der Waals surface area contributed by atoms with Crippen LogP contribution in [0.3, 0.4) is 0 Å². The molecule has 0 aliphatic carbocycles. The molecule has 0 saturated carbocycles. The summed E-state index contributed by atoms with van der Waals surface area (Å²) in [4.78, 5) is 0. The Hall–Kier alpha value is -1.29. The summed E-state index contributed by atoms with van der Waals surface area (Å²) < 4.78 is 0. The van der Waals surface area contributed by atoms with Crippen molar-refractivity contribution in [1.29, 1.82) is 5.26 Å². The molecule has 0 radical (unpaired) electrons. The summed E-state index contributed by atoms with van der Waals surface area (Å²) in [7, 11) is 0. The largest absolute Gasteiger partial charge is 0.192 e. The van der Waals surface area contributed by atoms with Crippen molar-refractivity contribution in [1.82, 2.24) is 0 Å². The van der Waals surface area contributed by atoms with Gasteiger partial charge < -0.3 is 0 Å². The molecule has 1 aromatic carbocycles. The lowest BCUT2D eigenvalue weighted by molar-refractivity contribution is 0.789. The summed E-state index contributed by atoms with van der Waals surface area (Å²) in [5, 5.41) is 8.89. The van der Waals surface area contributed by atoms with Gasteiger partial charge in [0.1, 0.15) is 0 Å². The van der Waals surface area contributed by atoms with Crippen molar-refractivity contribution in [2.45, 2.75) is 33.1 Å². The summed E-state index contributed by atoms with van der Waals surface area (Å²) in [6.07, 6.45) is 3.38. The monoisotopic (exact) mass is 173 g/mol. The molecule has 0 spiro atoms. The molecule has 1 aromatic rings. The van der Waals surface area contributed by atoms with Crippen LogP contribution in [-0.2, 0) is 6.42 Å². The smallest absolute Gasteiger partial charge is 0.0994 e. The summed E-state index contributed by atoms with van der Waals surface area (Å²) >= 11 is 0. The Labute approximate surface area is 80.0 Å². The highest BCUT2D eigenvalue weighted by Crippen LogP contribution is 2.15. The molecule has 0 bridgehead atoms. The second-order valence-corrected chi connectivity index (χ2v) is 3.32. The van der Waals surface area contributed by atoms with Gasteiger partial charge in [-0.2, -0.15) is 5.26 Å². The van der Waals surface area contributed by atoms with E-state index in [0.717, 1.165) is 12.0 Å². The number of hydrogen-bond donors (Lipinski definition) is 0. The molecule has 1 rings (SSSR count). The van der Waals surface area contributed by atoms with E-state index in [1.165, 1.54) is 24.0 Å². The standard InChI is InChI=1S/C12H15N/c1-3-4-8-12-10(2)6-5-7-11(12)9-13/h5-7H,3-4,8H2,1-2H3. The van der Waals surface area contributed by atoms with Crippen LogP contribution in [0.4, 0.5) is 0 Å². The summed E-state index contributed by atoms with van der Waals surface area (Å²) in [5.41, 5.74) is 3.31. The highest BCUT2D eigenvalue weighted by molar-refractivity contribution is 5.42. The van der Waals surface area contributed by atoms with E-state index in [-0.39, 0.29) is 0 Å². The number of aryl methyl sites for hydroxylation is 1. The van der Waals surface area contributed by atoms with Crippen LogP contribution >= 0.6 is 0 Å². The molecule has 0 fully saturated rings. The number of nitrogens with zero attached hydrogens (tertiary/aromatic N) is 1. The predicted octanol–water partition coefficient (Wildman–Crippen LogP) is 3.21. The van der Waals surface area contributed by atoms with Gasteiger partial charge in [0, 0.05) is 0 Å². The van der Waals surface area contributed by atoms with Crippen LogP contribution < -0.4 is 0 Å². The van der Waals surface area contributed by atoms with Gasteiger partial charge in [-0.1, -0.05) is 25.5 Å². The van der Waals surface area contributed by atoms with Gasteiger partial charge in [-0.3, -0.25) is 0 Å². The lowest BCUT2D eigenvalue weighted by Crippen LogP contribution is -1.93. The Morgan fingerprint density at radius 3 is 2.77 bits per heavy atom. The van der Waals surface area contributed by atoms with Gasteiger partial charge in [0.25, 0.3) is 0 Å². The van der Waals surface area contributed by atoms with Gasteiger partial charge >= 0.3 is 0 Å². The van der Waals surface area contributed by atoms with Crippen LogP contribution in [0, 0.1) is 18.3 Å². The van der Waals surface area contributed by atoms with Crippen molar-refractivity contribution in [3.63, 3.8) is 0 Å². The summed E-state index contributed by atoms with van der Waals surface area (Å²) in [6.45, 7) is 4.25. The molecule has 0 unspecified atom stereocenters. The molecule has 1 nitrogen and oxygen atoms in total.